The summed E-state index contributed by atoms with van der Waals surface area (Å²) in [6.45, 7) is 3.23. The van der Waals surface area contributed by atoms with Gasteiger partial charge in [0.15, 0.2) is 4.77 Å². The van der Waals surface area contributed by atoms with Crippen LogP contribution in [0.25, 0.3) is 0 Å². The Morgan fingerprint density at radius 3 is 2.93 bits per heavy atom. The first-order chi connectivity index (χ1) is 6.66. The molecule has 1 aliphatic carbocycles. The minimum atomic E-state index is 0.509. The molecule has 3 N–H and O–H groups in total. The molecule has 0 radical (unpaired) electrons. The molecule has 1 aromatic rings. The molecule has 1 heterocycles. The van der Waals surface area contributed by atoms with Crippen molar-refractivity contribution in [1.82, 2.24) is 14.8 Å². The number of H-pyrrole nitrogens is 1. The van der Waals surface area contributed by atoms with Crippen molar-refractivity contribution < 1.29 is 0 Å². The molecular formula is C9H16N4S. The first-order valence-corrected chi connectivity index (χ1v) is 5.48. The largest absolute Gasteiger partial charge is 0.368 e. The van der Waals surface area contributed by atoms with Crippen LogP contribution in [-0.2, 0) is 6.54 Å². The van der Waals surface area contributed by atoms with Gasteiger partial charge in [0.25, 0.3) is 0 Å². The number of nitrogens with zero attached hydrogens (tertiary/aromatic N) is 2. The number of aromatic amines is 1. The van der Waals surface area contributed by atoms with Crippen LogP contribution in [0.2, 0.25) is 0 Å². The molecule has 1 fully saturated rings. The summed E-state index contributed by atoms with van der Waals surface area (Å²) in [5.41, 5.74) is 5.71. The van der Waals surface area contributed by atoms with E-state index in [-0.39, 0.29) is 0 Å². The van der Waals surface area contributed by atoms with E-state index in [4.69, 9.17) is 18.0 Å². The van der Waals surface area contributed by atoms with Gasteiger partial charge in [0.2, 0.25) is 5.95 Å². The lowest BCUT2D eigenvalue weighted by atomic mass is 10.1. The molecule has 0 spiro atoms. The van der Waals surface area contributed by atoms with E-state index in [1.165, 1.54) is 19.3 Å². The molecule has 1 aromatic heterocycles. The van der Waals surface area contributed by atoms with Crippen molar-refractivity contribution in [1.29, 1.82) is 0 Å². The van der Waals surface area contributed by atoms with E-state index < -0.39 is 0 Å². The topological polar surface area (TPSA) is 59.6 Å². The smallest absolute Gasteiger partial charge is 0.220 e. The highest BCUT2D eigenvalue weighted by atomic mass is 32.1. The fourth-order valence-corrected chi connectivity index (χ4v) is 2.47. The third kappa shape index (κ3) is 1.82. The minimum absolute atomic E-state index is 0.509. The van der Waals surface area contributed by atoms with E-state index >= 15 is 0 Å². The van der Waals surface area contributed by atoms with Crippen molar-refractivity contribution in [3.63, 3.8) is 0 Å². The van der Waals surface area contributed by atoms with Crippen LogP contribution in [0, 0.1) is 16.6 Å². The molecule has 0 amide bonds. The molecule has 5 heteroatoms. The summed E-state index contributed by atoms with van der Waals surface area (Å²) in [6, 6.07) is 0. The van der Waals surface area contributed by atoms with Crippen LogP contribution in [0.5, 0.6) is 0 Å². The molecule has 1 aliphatic rings. The van der Waals surface area contributed by atoms with Crippen LogP contribution in [0.4, 0.5) is 5.95 Å². The molecule has 2 atom stereocenters. The lowest BCUT2D eigenvalue weighted by molar-refractivity contribution is 0.441. The Kier molecular flexibility index (Phi) is 2.58. The zero-order valence-corrected chi connectivity index (χ0v) is 9.18. The number of nitrogens with two attached hydrogens (primary N) is 1. The molecule has 4 nitrogen and oxygen atoms in total. The standard InChI is InChI=1S/C9H16N4S/c1-6-2-3-7(4-6)5-13-8(10)11-12-9(13)14/h6-7H,2-5H2,1H3,(H2,10,11)(H,12,14). The Morgan fingerprint density at radius 2 is 2.43 bits per heavy atom. The average Bonchev–Trinajstić information content (AvgIpc) is 2.67. The van der Waals surface area contributed by atoms with Gasteiger partial charge in [-0.2, -0.15) is 0 Å². The lowest BCUT2D eigenvalue weighted by Gasteiger charge is -2.10. The van der Waals surface area contributed by atoms with Crippen LogP contribution in [0.15, 0.2) is 0 Å². The van der Waals surface area contributed by atoms with Gasteiger partial charge in [-0.3, -0.25) is 4.57 Å². The summed E-state index contributed by atoms with van der Waals surface area (Å²) in [4.78, 5) is 0. The molecule has 0 bridgehead atoms. The lowest BCUT2D eigenvalue weighted by Crippen LogP contribution is -2.10. The van der Waals surface area contributed by atoms with Gasteiger partial charge in [0, 0.05) is 6.54 Å². The van der Waals surface area contributed by atoms with Crippen molar-refractivity contribution in [2.45, 2.75) is 32.7 Å². The zero-order chi connectivity index (χ0) is 10.1. The maximum Gasteiger partial charge on any atom is 0.220 e. The maximum absolute atomic E-state index is 5.71. The van der Waals surface area contributed by atoms with Gasteiger partial charge in [-0.25, -0.2) is 5.10 Å². The predicted molar refractivity (Wildman–Crippen MR) is 58.3 cm³/mol. The van der Waals surface area contributed by atoms with Crippen molar-refractivity contribution in [3.8, 4) is 0 Å². The molecule has 2 rings (SSSR count). The van der Waals surface area contributed by atoms with Gasteiger partial charge in [-0.15, -0.1) is 5.10 Å². The van der Waals surface area contributed by atoms with Gasteiger partial charge < -0.3 is 5.73 Å². The highest BCUT2D eigenvalue weighted by Gasteiger charge is 2.22. The van der Waals surface area contributed by atoms with Gasteiger partial charge in [-0.1, -0.05) is 13.3 Å². The van der Waals surface area contributed by atoms with Crippen LogP contribution >= 0.6 is 12.2 Å². The van der Waals surface area contributed by atoms with E-state index in [1.54, 1.807) is 0 Å². The normalized spacial score (nSPS) is 26.9. The maximum atomic E-state index is 5.71. The Morgan fingerprint density at radius 1 is 1.64 bits per heavy atom. The Balaban J connectivity index is 2.07. The van der Waals surface area contributed by atoms with Gasteiger partial charge in [0.05, 0.1) is 0 Å². The molecule has 0 aromatic carbocycles. The number of aromatic nitrogens is 3. The number of nitrogen functional groups attached to an aromatic ring is 1. The molecule has 14 heavy (non-hydrogen) atoms. The Bertz CT molecular complexity index is 367. The van der Waals surface area contributed by atoms with Gasteiger partial charge >= 0.3 is 0 Å². The Labute approximate surface area is 88.5 Å². The first kappa shape index (κ1) is 9.71. The van der Waals surface area contributed by atoms with E-state index in [2.05, 4.69) is 17.1 Å². The van der Waals surface area contributed by atoms with Crippen LogP contribution < -0.4 is 5.73 Å². The molecular weight excluding hydrogens is 196 g/mol. The van der Waals surface area contributed by atoms with Crippen LogP contribution in [-0.4, -0.2) is 14.8 Å². The highest BCUT2D eigenvalue weighted by molar-refractivity contribution is 7.71. The van der Waals surface area contributed by atoms with E-state index in [0.717, 1.165) is 18.4 Å². The van der Waals surface area contributed by atoms with Crippen molar-refractivity contribution >= 4 is 18.2 Å². The summed E-state index contributed by atoms with van der Waals surface area (Å²) >= 11 is 5.10. The molecule has 78 valence electrons. The number of nitrogens with one attached hydrogen (secondary N) is 1. The van der Waals surface area contributed by atoms with Crippen molar-refractivity contribution in [3.05, 3.63) is 4.77 Å². The first-order valence-electron chi connectivity index (χ1n) is 5.07. The van der Waals surface area contributed by atoms with Crippen molar-refractivity contribution in [2.75, 3.05) is 5.73 Å². The van der Waals surface area contributed by atoms with E-state index in [9.17, 15) is 0 Å². The number of hydrogen-bond acceptors (Lipinski definition) is 3. The predicted octanol–water partition coefficient (Wildman–Crippen LogP) is 1.96. The fourth-order valence-electron chi connectivity index (χ4n) is 2.26. The van der Waals surface area contributed by atoms with E-state index in [1.807, 2.05) is 4.57 Å². The summed E-state index contributed by atoms with van der Waals surface area (Å²) in [5, 5.41) is 6.61. The van der Waals surface area contributed by atoms with Crippen LogP contribution in [0.1, 0.15) is 26.2 Å². The molecule has 0 saturated heterocycles. The highest BCUT2D eigenvalue weighted by Crippen LogP contribution is 2.31. The molecule has 2 unspecified atom stereocenters. The average molecular weight is 212 g/mol. The minimum Gasteiger partial charge on any atom is -0.368 e. The second-order valence-electron chi connectivity index (χ2n) is 4.28. The summed E-state index contributed by atoms with van der Waals surface area (Å²) in [6.07, 6.45) is 3.90. The third-order valence-corrected chi connectivity index (χ3v) is 3.34. The summed E-state index contributed by atoms with van der Waals surface area (Å²) < 4.78 is 2.54. The third-order valence-electron chi connectivity index (χ3n) is 3.03. The van der Waals surface area contributed by atoms with Crippen LogP contribution in [0.3, 0.4) is 0 Å². The Hall–Kier alpha value is -0.840. The second-order valence-corrected chi connectivity index (χ2v) is 4.67. The SMILES string of the molecule is CC1CCC(Cn2c(N)n[nH]c2=S)C1. The fraction of sp³-hybridized carbons (Fsp3) is 0.778. The van der Waals surface area contributed by atoms with Gasteiger partial charge in [0.1, 0.15) is 0 Å². The van der Waals surface area contributed by atoms with E-state index in [0.29, 0.717) is 10.7 Å². The monoisotopic (exact) mass is 212 g/mol. The number of hydrogen-bond donors (Lipinski definition) is 2. The summed E-state index contributed by atoms with van der Waals surface area (Å²) in [5.74, 6) is 2.08. The van der Waals surface area contributed by atoms with Crippen molar-refractivity contribution in [2.24, 2.45) is 11.8 Å². The second kappa shape index (κ2) is 3.73. The quantitative estimate of drug-likeness (QED) is 0.737. The molecule has 1 saturated carbocycles. The zero-order valence-electron chi connectivity index (χ0n) is 8.36. The number of anilines is 1. The number of rotatable bonds is 2. The van der Waals surface area contributed by atoms with Gasteiger partial charge in [-0.05, 0) is 36.9 Å². The molecule has 0 aliphatic heterocycles. The summed E-state index contributed by atoms with van der Waals surface area (Å²) in [7, 11) is 0.